The van der Waals surface area contributed by atoms with Crippen LogP contribution in [0.25, 0.3) is 10.9 Å². The van der Waals surface area contributed by atoms with E-state index in [1.165, 1.54) is 0 Å². The molecule has 5 heteroatoms. The molecule has 2 rings (SSSR count). The van der Waals surface area contributed by atoms with Crippen LogP contribution < -0.4 is 15.2 Å². The van der Waals surface area contributed by atoms with E-state index in [2.05, 4.69) is 4.98 Å². The molecule has 0 spiro atoms. The fourth-order valence-corrected chi connectivity index (χ4v) is 1.55. The first-order chi connectivity index (χ1) is 7.72. The number of carbonyl (C=O) groups is 1. The molecule has 0 atom stereocenters. The highest BCUT2D eigenvalue weighted by Crippen LogP contribution is 2.35. The molecule has 2 aromatic rings. The summed E-state index contributed by atoms with van der Waals surface area (Å²) in [5, 5.41) is 0.862. The van der Waals surface area contributed by atoms with Crippen LogP contribution in [0.3, 0.4) is 0 Å². The second-order valence-corrected chi connectivity index (χ2v) is 3.18. The molecular formula is C11H12N2O3. The molecule has 0 bridgehead atoms. The summed E-state index contributed by atoms with van der Waals surface area (Å²) in [6, 6.07) is 7.51. The number of ether oxygens (including phenoxy) is 2. The number of amides is 1. The van der Waals surface area contributed by atoms with E-state index >= 15 is 0 Å². The summed E-state index contributed by atoms with van der Waals surface area (Å²) in [4.78, 5) is 13.7. The summed E-state index contributed by atoms with van der Waals surface area (Å²) in [5.41, 5.74) is 5.81. The average Bonchev–Trinajstić information content (AvgIpc) is 2.57. The van der Waals surface area contributed by atoms with Gasteiger partial charge in [-0.05, 0) is 19.1 Å². The number of aromatic amines is 1. The van der Waals surface area contributed by atoms with E-state index in [9.17, 15) is 4.79 Å². The number of H-pyrrole nitrogens is 1. The molecule has 1 aromatic heterocycles. The van der Waals surface area contributed by atoms with Crippen LogP contribution in [-0.2, 0) is 0 Å². The summed E-state index contributed by atoms with van der Waals surface area (Å²) in [6.07, 6.45) is -0.868. The summed E-state index contributed by atoms with van der Waals surface area (Å²) in [6.45, 7) is 2.34. The quantitative estimate of drug-likeness (QED) is 0.830. The van der Waals surface area contributed by atoms with Gasteiger partial charge in [0.25, 0.3) is 0 Å². The molecule has 0 radical (unpaired) electrons. The van der Waals surface area contributed by atoms with Gasteiger partial charge < -0.3 is 20.2 Å². The van der Waals surface area contributed by atoms with Crippen LogP contribution in [0.15, 0.2) is 24.3 Å². The number of nitrogens with two attached hydrogens (primary N) is 1. The number of hydrogen-bond donors (Lipinski definition) is 2. The van der Waals surface area contributed by atoms with Crippen LogP contribution in [-0.4, -0.2) is 17.7 Å². The summed E-state index contributed by atoms with van der Waals surface area (Å²) in [7, 11) is 0. The zero-order valence-corrected chi connectivity index (χ0v) is 8.82. The van der Waals surface area contributed by atoms with Gasteiger partial charge in [-0.2, -0.15) is 0 Å². The monoisotopic (exact) mass is 220 g/mol. The van der Waals surface area contributed by atoms with Gasteiger partial charge in [0, 0.05) is 5.39 Å². The van der Waals surface area contributed by atoms with Crippen LogP contribution in [0.5, 0.6) is 11.6 Å². The van der Waals surface area contributed by atoms with Gasteiger partial charge in [-0.1, -0.05) is 12.1 Å². The Morgan fingerprint density at radius 1 is 1.44 bits per heavy atom. The number of para-hydroxylation sites is 1. The number of carbonyl (C=O) groups excluding carboxylic acids is 1. The van der Waals surface area contributed by atoms with Gasteiger partial charge in [-0.25, -0.2) is 4.79 Å². The van der Waals surface area contributed by atoms with E-state index in [1.54, 1.807) is 0 Å². The molecule has 0 fully saturated rings. The van der Waals surface area contributed by atoms with E-state index in [1.807, 2.05) is 31.2 Å². The zero-order valence-electron chi connectivity index (χ0n) is 8.82. The van der Waals surface area contributed by atoms with E-state index in [0.717, 1.165) is 10.9 Å². The van der Waals surface area contributed by atoms with E-state index < -0.39 is 6.09 Å². The lowest BCUT2D eigenvalue weighted by Crippen LogP contribution is -2.16. The minimum absolute atomic E-state index is 0.246. The largest absolute Gasteiger partial charge is 0.488 e. The Morgan fingerprint density at radius 3 is 2.88 bits per heavy atom. The molecule has 1 aromatic carbocycles. The van der Waals surface area contributed by atoms with Crippen molar-refractivity contribution in [2.75, 3.05) is 6.61 Å². The van der Waals surface area contributed by atoms with Crippen molar-refractivity contribution < 1.29 is 14.3 Å². The van der Waals surface area contributed by atoms with Crippen molar-refractivity contribution in [1.82, 2.24) is 4.98 Å². The van der Waals surface area contributed by atoms with Crippen LogP contribution in [0, 0.1) is 0 Å². The molecule has 5 nitrogen and oxygen atoms in total. The van der Waals surface area contributed by atoms with E-state index in [0.29, 0.717) is 12.4 Å². The Bertz CT molecular complexity index is 519. The Kier molecular flexibility index (Phi) is 2.68. The third-order valence-electron chi connectivity index (χ3n) is 2.12. The lowest BCUT2D eigenvalue weighted by Gasteiger charge is -2.03. The predicted molar refractivity (Wildman–Crippen MR) is 59.7 cm³/mol. The van der Waals surface area contributed by atoms with Crippen molar-refractivity contribution in [2.45, 2.75) is 6.92 Å². The highest BCUT2D eigenvalue weighted by molar-refractivity contribution is 5.90. The minimum Gasteiger partial charge on any atom is -0.488 e. The van der Waals surface area contributed by atoms with Crippen molar-refractivity contribution in [3.05, 3.63) is 24.3 Å². The van der Waals surface area contributed by atoms with E-state index in [4.69, 9.17) is 15.2 Å². The number of hydrogen-bond acceptors (Lipinski definition) is 3. The van der Waals surface area contributed by atoms with Gasteiger partial charge >= 0.3 is 6.09 Å². The van der Waals surface area contributed by atoms with Crippen molar-refractivity contribution in [2.24, 2.45) is 5.73 Å². The van der Waals surface area contributed by atoms with Gasteiger partial charge in [0.15, 0.2) is 5.75 Å². The van der Waals surface area contributed by atoms with Crippen LogP contribution in [0.1, 0.15) is 6.92 Å². The third-order valence-corrected chi connectivity index (χ3v) is 2.12. The second kappa shape index (κ2) is 4.14. The Hall–Kier alpha value is -2.17. The minimum atomic E-state index is -0.868. The smallest absolute Gasteiger partial charge is 0.411 e. The molecule has 1 heterocycles. The fourth-order valence-electron chi connectivity index (χ4n) is 1.55. The maximum absolute atomic E-state index is 10.7. The number of rotatable bonds is 3. The van der Waals surface area contributed by atoms with Crippen LogP contribution in [0.2, 0.25) is 0 Å². The van der Waals surface area contributed by atoms with Crippen LogP contribution in [0.4, 0.5) is 4.79 Å². The topological polar surface area (TPSA) is 77.3 Å². The Morgan fingerprint density at radius 2 is 2.19 bits per heavy atom. The molecule has 0 aliphatic heterocycles. The van der Waals surface area contributed by atoms with Gasteiger partial charge in [-0.15, -0.1) is 0 Å². The third kappa shape index (κ3) is 1.79. The Labute approximate surface area is 92.1 Å². The van der Waals surface area contributed by atoms with Gasteiger partial charge in [0.2, 0.25) is 5.88 Å². The predicted octanol–water partition coefficient (Wildman–Crippen LogP) is 2.02. The van der Waals surface area contributed by atoms with E-state index in [-0.39, 0.29) is 5.88 Å². The van der Waals surface area contributed by atoms with Gasteiger partial charge in [0.05, 0.1) is 12.1 Å². The first kappa shape index (κ1) is 10.4. The zero-order chi connectivity index (χ0) is 11.5. The number of nitrogens with one attached hydrogen (secondary N) is 1. The molecule has 16 heavy (non-hydrogen) atoms. The maximum atomic E-state index is 10.7. The molecule has 0 saturated carbocycles. The van der Waals surface area contributed by atoms with Crippen molar-refractivity contribution >= 4 is 17.0 Å². The molecule has 84 valence electrons. The molecule has 0 aliphatic carbocycles. The summed E-state index contributed by atoms with van der Waals surface area (Å²) >= 11 is 0. The molecular weight excluding hydrogens is 208 g/mol. The first-order valence-electron chi connectivity index (χ1n) is 4.93. The summed E-state index contributed by atoms with van der Waals surface area (Å²) < 4.78 is 10.3. The Balaban J connectivity index is 2.53. The average molecular weight is 220 g/mol. The second-order valence-electron chi connectivity index (χ2n) is 3.18. The fraction of sp³-hybridized carbons (Fsp3) is 0.182. The SMILES string of the molecule is CCOc1c(OC(N)=O)[nH]c2ccccc12. The first-order valence-corrected chi connectivity index (χ1v) is 4.93. The molecule has 1 amide bonds. The number of aromatic nitrogens is 1. The van der Waals surface area contributed by atoms with Gasteiger partial charge in [0.1, 0.15) is 0 Å². The summed E-state index contributed by atoms with van der Waals surface area (Å²) in [5.74, 6) is 0.757. The van der Waals surface area contributed by atoms with Gasteiger partial charge in [-0.3, -0.25) is 0 Å². The van der Waals surface area contributed by atoms with Crippen molar-refractivity contribution in [3.8, 4) is 11.6 Å². The number of fused-ring (bicyclic) bond motifs is 1. The van der Waals surface area contributed by atoms with Crippen LogP contribution >= 0.6 is 0 Å². The lowest BCUT2D eigenvalue weighted by molar-refractivity contribution is 0.206. The highest BCUT2D eigenvalue weighted by Gasteiger charge is 2.15. The molecule has 3 N–H and O–H groups in total. The molecule has 0 saturated heterocycles. The lowest BCUT2D eigenvalue weighted by atomic mass is 10.2. The van der Waals surface area contributed by atoms with Crippen molar-refractivity contribution in [3.63, 3.8) is 0 Å². The number of primary amides is 1. The highest BCUT2D eigenvalue weighted by atomic mass is 16.6. The molecule has 0 aliphatic rings. The normalized spacial score (nSPS) is 10.3. The standard InChI is InChI=1S/C11H12N2O3/c1-2-15-9-7-5-3-4-6-8(7)13-10(9)16-11(12)14/h3-6,13H,2H2,1H3,(H2,12,14). The maximum Gasteiger partial charge on any atom is 0.411 e. The van der Waals surface area contributed by atoms with Crippen molar-refractivity contribution in [1.29, 1.82) is 0 Å². The molecule has 0 unspecified atom stereocenters. The number of benzene rings is 1.